The Kier molecular flexibility index (Phi) is 8.28. The second kappa shape index (κ2) is 10.0. The van der Waals surface area contributed by atoms with Gasteiger partial charge in [-0.1, -0.05) is 19.1 Å². The maximum Gasteiger partial charge on any atom is 0.223 e. The van der Waals surface area contributed by atoms with Crippen LogP contribution in [0, 0.1) is 0 Å². The Hall–Kier alpha value is -1.75. The molecule has 0 aliphatic rings. The van der Waals surface area contributed by atoms with Crippen LogP contribution in [0.1, 0.15) is 32.3 Å². The fourth-order valence-corrected chi connectivity index (χ4v) is 1.90. The molecule has 0 atom stereocenters. The molecule has 118 valence electrons. The molecule has 0 unspecified atom stereocenters. The van der Waals surface area contributed by atoms with E-state index in [0.29, 0.717) is 19.6 Å². The van der Waals surface area contributed by atoms with Gasteiger partial charge in [0.2, 0.25) is 5.91 Å². The Bertz CT molecular complexity index is 436. The van der Waals surface area contributed by atoms with Crippen LogP contribution in [-0.4, -0.2) is 32.7 Å². The average Bonchev–Trinajstić information content (AvgIpc) is 2.49. The first-order valence-electron chi connectivity index (χ1n) is 7.51. The molecular formula is C16H26N2O3. The molecule has 5 nitrogen and oxygen atoms in total. The number of carbonyl (C=O) groups is 1. The summed E-state index contributed by atoms with van der Waals surface area (Å²) < 4.78 is 11.4. The smallest absolute Gasteiger partial charge is 0.223 e. The van der Waals surface area contributed by atoms with Gasteiger partial charge in [-0.15, -0.1) is 0 Å². The van der Waals surface area contributed by atoms with Gasteiger partial charge in [0.05, 0.1) is 19.6 Å². The average molecular weight is 294 g/mol. The van der Waals surface area contributed by atoms with Crippen LogP contribution < -0.4 is 20.1 Å². The number of carbonyl (C=O) groups excluding carboxylic acids is 1. The minimum absolute atomic E-state index is 0.0328. The van der Waals surface area contributed by atoms with Crippen molar-refractivity contribution in [1.82, 2.24) is 10.6 Å². The molecular weight excluding hydrogens is 268 g/mol. The van der Waals surface area contributed by atoms with E-state index in [1.165, 1.54) is 0 Å². The highest BCUT2D eigenvalue weighted by atomic mass is 16.5. The van der Waals surface area contributed by atoms with E-state index in [-0.39, 0.29) is 5.91 Å². The van der Waals surface area contributed by atoms with Crippen LogP contribution in [0.2, 0.25) is 0 Å². The van der Waals surface area contributed by atoms with Gasteiger partial charge in [0.25, 0.3) is 0 Å². The van der Waals surface area contributed by atoms with E-state index in [4.69, 9.17) is 9.47 Å². The first kappa shape index (κ1) is 17.3. The van der Waals surface area contributed by atoms with Crippen LogP contribution >= 0.6 is 0 Å². The number of para-hydroxylation sites is 1. The molecule has 2 N–H and O–H groups in total. The number of rotatable bonds is 10. The number of hydrogen-bond acceptors (Lipinski definition) is 4. The summed E-state index contributed by atoms with van der Waals surface area (Å²) in [5.41, 5.74) is 1.05. The second-order valence-corrected chi connectivity index (χ2v) is 4.63. The van der Waals surface area contributed by atoms with Crippen molar-refractivity contribution in [2.45, 2.75) is 33.2 Å². The molecule has 1 aromatic carbocycles. The standard InChI is InChI=1S/C16H26N2O3/c1-4-10-18-12-13-7-6-8-14(20-5-2)16(13)21-11-9-15(19)17-3/h6-8,18H,4-5,9-12H2,1-3H3,(H,17,19). The van der Waals surface area contributed by atoms with E-state index in [1.807, 2.05) is 25.1 Å². The third kappa shape index (κ3) is 6.04. The van der Waals surface area contributed by atoms with Gasteiger partial charge in [0.1, 0.15) is 0 Å². The zero-order chi connectivity index (χ0) is 15.5. The fourth-order valence-electron chi connectivity index (χ4n) is 1.90. The molecule has 0 spiro atoms. The predicted octanol–water partition coefficient (Wildman–Crippen LogP) is 2.10. The number of benzene rings is 1. The summed E-state index contributed by atoms with van der Waals surface area (Å²) in [6.07, 6.45) is 1.41. The Morgan fingerprint density at radius 1 is 1.24 bits per heavy atom. The van der Waals surface area contributed by atoms with Crippen LogP contribution in [0.4, 0.5) is 0 Å². The summed E-state index contributed by atoms with van der Waals surface area (Å²) in [6, 6.07) is 5.86. The molecule has 0 aromatic heterocycles. The molecule has 0 fully saturated rings. The first-order valence-corrected chi connectivity index (χ1v) is 7.51. The van der Waals surface area contributed by atoms with Gasteiger partial charge in [-0.25, -0.2) is 0 Å². The van der Waals surface area contributed by atoms with Gasteiger partial charge >= 0.3 is 0 Å². The summed E-state index contributed by atoms with van der Waals surface area (Å²) in [5.74, 6) is 1.42. The van der Waals surface area contributed by atoms with Crippen LogP contribution in [-0.2, 0) is 11.3 Å². The van der Waals surface area contributed by atoms with Crippen molar-refractivity contribution in [3.63, 3.8) is 0 Å². The van der Waals surface area contributed by atoms with Crippen molar-refractivity contribution in [1.29, 1.82) is 0 Å². The topological polar surface area (TPSA) is 59.6 Å². The van der Waals surface area contributed by atoms with Gasteiger partial charge in [0.15, 0.2) is 11.5 Å². The minimum Gasteiger partial charge on any atom is -0.490 e. The van der Waals surface area contributed by atoms with Crippen molar-refractivity contribution in [2.75, 3.05) is 26.8 Å². The molecule has 5 heteroatoms. The lowest BCUT2D eigenvalue weighted by molar-refractivity contribution is -0.121. The molecule has 0 saturated carbocycles. The maximum atomic E-state index is 11.3. The Morgan fingerprint density at radius 3 is 2.71 bits per heavy atom. The number of ether oxygens (including phenoxy) is 2. The molecule has 0 radical (unpaired) electrons. The molecule has 0 bridgehead atoms. The van der Waals surface area contributed by atoms with Crippen LogP contribution in [0.5, 0.6) is 11.5 Å². The number of nitrogens with one attached hydrogen (secondary N) is 2. The fraction of sp³-hybridized carbons (Fsp3) is 0.562. The third-order valence-corrected chi connectivity index (χ3v) is 2.96. The van der Waals surface area contributed by atoms with Crippen molar-refractivity contribution in [2.24, 2.45) is 0 Å². The molecule has 21 heavy (non-hydrogen) atoms. The van der Waals surface area contributed by atoms with Gasteiger partial charge in [-0.3, -0.25) is 4.79 Å². The summed E-state index contributed by atoms with van der Waals surface area (Å²) >= 11 is 0. The van der Waals surface area contributed by atoms with E-state index in [0.717, 1.165) is 36.6 Å². The Morgan fingerprint density at radius 2 is 2.05 bits per heavy atom. The Balaban J connectivity index is 2.75. The second-order valence-electron chi connectivity index (χ2n) is 4.63. The lowest BCUT2D eigenvalue weighted by Gasteiger charge is -2.16. The van der Waals surface area contributed by atoms with E-state index >= 15 is 0 Å². The molecule has 0 aliphatic heterocycles. The Labute approximate surface area is 127 Å². The van der Waals surface area contributed by atoms with Gasteiger partial charge in [-0.05, 0) is 26.0 Å². The summed E-state index contributed by atoms with van der Waals surface area (Å²) in [7, 11) is 1.62. The number of amides is 1. The molecule has 1 amide bonds. The largest absolute Gasteiger partial charge is 0.490 e. The van der Waals surface area contributed by atoms with Gasteiger partial charge in [0, 0.05) is 19.2 Å². The molecule has 0 aliphatic carbocycles. The summed E-state index contributed by atoms with van der Waals surface area (Å²) in [5, 5.41) is 5.94. The van der Waals surface area contributed by atoms with E-state index in [1.54, 1.807) is 7.05 Å². The zero-order valence-corrected chi connectivity index (χ0v) is 13.2. The van der Waals surface area contributed by atoms with Gasteiger partial charge < -0.3 is 20.1 Å². The lowest BCUT2D eigenvalue weighted by Crippen LogP contribution is -2.20. The minimum atomic E-state index is -0.0328. The number of hydrogen-bond donors (Lipinski definition) is 2. The van der Waals surface area contributed by atoms with E-state index in [2.05, 4.69) is 17.6 Å². The van der Waals surface area contributed by atoms with Gasteiger partial charge in [-0.2, -0.15) is 0 Å². The summed E-state index contributed by atoms with van der Waals surface area (Å²) in [4.78, 5) is 11.3. The monoisotopic (exact) mass is 294 g/mol. The van der Waals surface area contributed by atoms with Crippen molar-refractivity contribution >= 4 is 5.91 Å². The van der Waals surface area contributed by atoms with E-state index < -0.39 is 0 Å². The predicted molar refractivity (Wildman–Crippen MR) is 83.8 cm³/mol. The van der Waals surface area contributed by atoms with Crippen LogP contribution in [0.3, 0.4) is 0 Å². The molecule has 1 rings (SSSR count). The zero-order valence-electron chi connectivity index (χ0n) is 13.2. The van der Waals surface area contributed by atoms with E-state index in [9.17, 15) is 4.79 Å². The summed E-state index contributed by atoms with van der Waals surface area (Å²) in [6.45, 7) is 6.67. The third-order valence-electron chi connectivity index (χ3n) is 2.96. The molecule has 0 saturated heterocycles. The SMILES string of the molecule is CCCNCc1cccc(OCC)c1OCCC(=O)NC. The quantitative estimate of drug-likeness (QED) is 0.649. The first-order chi connectivity index (χ1) is 10.2. The highest BCUT2D eigenvalue weighted by Crippen LogP contribution is 2.31. The van der Waals surface area contributed by atoms with Crippen molar-refractivity contribution < 1.29 is 14.3 Å². The normalized spacial score (nSPS) is 10.2. The lowest BCUT2D eigenvalue weighted by atomic mass is 10.2. The van der Waals surface area contributed by atoms with Crippen molar-refractivity contribution in [3.8, 4) is 11.5 Å². The highest BCUT2D eigenvalue weighted by molar-refractivity contribution is 5.75. The van der Waals surface area contributed by atoms with Crippen LogP contribution in [0.15, 0.2) is 18.2 Å². The highest BCUT2D eigenvalue weighted by Gasteiger charge is 2.11. The maximum absolute atomic E-state index is 11.3. The van der Waals surface area contributed by atoms with Crippen molar-refractivity contribution in [3.05, 3.63) is 23.8 Å². The molecule has 1 aromatic rings. The molecule has 0 heterocycles. The van der Waals surface area contributed by atoms with Crippen LogP contribution in [0.25, 0.3) is 0 Å².